The maximum atomic E-state index is 5.10. The van der Waals surface area contributed by atoms with Crippen LogP contribution in [0.4, 0.5) is 5.95 Å². The molecule has 0 bridgehead atoms. The van der Waals surface area contributed by atoms with E-state index in [2.05, 4.69) is 41.4 Å². The van der Waals surface area contributed by atoms with Crippen LogP contribution in [0.25, 0.3) is 0 Å². The molecule has 0 fully saturated rings. The number of hydrogen-bond donors (Lipinski definition) is 1. The largest absolute Gasteiger partial charge is 0.480 e. The molecule has 0 atom stereocenters. The minimum atomic E-state index is 0.487. The van der Waals surface area contributed by atoms with Crippen LogP contribution in [0, 0.1) is 0 Å². The van der Waals surface area contributed by atoms with Crippen molar-refractivity contribution in [2.75, 3.05) is 12.4 Å². The number of aromatic nitrogens is 5. The zero-order chi connectivity index (χ0) is 13.0. The molecule has 0 aliphatic carbocycles. The highest BCUT2D eigenvalue weighted by molar-refractivity contribution is 9.10. The predicted octanol–water partition coefficient (Wildman–Crippen LogP) is 1.47. The highest BCUT2D eigenvalue weighted by Crippen LogP contribution is 2.21. The molecule has 2 rings (SSSR count). The molecule has 0 amide bonds. The van der Waals surface area contributed by atoms with Gasteiger partial charge in [-0.15, -0.1) is 10.2 Å². The van der Waals surface area contributed by atoms with Crippen molar-refractivity contribution in [3.8, 4) is 5.88 Å². The predicted molar refractivity (Wildman–Crippen MR) is 69.3 cm³/mol. The third-order valence-electron chi connectivity index (χ3n) is 2.35. The van der Waals surface area contributed by atoms with Gasteiger partial charge in [0.1, 0.15) is 6.33 Å². The highest BCUT2D eigenvalue weighted by Gasteiger charge is 2.06. The lowest BCUT2D eigenvalue weighted by atomic mass is 10.5. The average molecular weight is 313 g/mol. The van der Waals surface area contributed by atoms with Crippen molar-refractivity contribution < 1.29 is 4.74 Å². The molecule has 0 aliphatic heterocycles. The first-order chi connectivity index (χ1) is 8.74. The fourth-order valence-electron chi connectivity index (χ4n) is 1.42. The lowest BCUT2D eigenvalue weighted by molar-refractivity contribution is 0.394. The monoisotopic (exact) mass is 312 g/mol. The number of nitrogens with one attached hydrogen (secondary N) is 1. The summed E-state index contributed by atoms with van der Waals surface area (Å²) >= 11 is 3.30. The van der Waals surface area contributed by atoms with Crippen molar-refractivity contribution in [2.45, 2.75) is 20.0 Å². The second-order valence-corrected chi connectivity index (χ2v) is 4.29. The zero-order valence-corrected chi connectivity index (χ0v) is 11.7. The maximum absolute atomic E-state index is 5.10. The summed E-state index contributed by atoms with van der Waals surface area (Å²) in [4.78, 5) is 8.33. The molecular weight excluding hydrogens is 300 g/mol. The molecule has 0 spiro atoms. The van der Waals surface area contributed by atoms with Crippen LogP contribution in [0.3, 0.4) is 0 Å². The molecule has 0 saturated heterocycles. The molecule has 1 N–H and O–H groups in total. The van der Waals surface area contributed by atoms with Gasteiger partial charge >= 0.3 is 0 Å². The van der Waals surface area contributed by atoms with Gasteiger partial charge in [0.25, 0.3) is 0 Å². The van der Waals surface area contributed by atoms with Crippen LogP contribution in [0.1, 0.15) is 12.7 Å². The molecule has 0 aromatic carbocycles. The molecule has 2 aromatic heterocycles. The number of aryl methyl sites for hydroxylation is 1. The summed E-state index contributed by atoms with van der Waals surface area (Å²) in [5, 5.41) is 10.9. The van der Waals surface area contributed by atoms with Crippen molar-refractivity contribution in [3.05, 3.63) is 22.8 Å². The zero-order valence-electron chi connectivity index (χ0n) is 10.1. The number of anilines is 1. The fourth-order valence-corrected chi connectivity index (χ4v) is 1.77. The van der Waals surface area contributed by atoms with Gasteiger partial charge in [-0.1, -0.05) is 0 Å². The van der Waals surface area contributed by atoms with Crippen LogP contribution in [-0.4, -0.2) is 31.8 Å². The van der Waals surface area contributed by atoms with Crippen molar-refractivity contribution in [1.29, 1.82) is 0 Å². The van der Waals surface area contributed by atoms with Gasteiger partial charge in [0.05, 0.1) is 24.3 Å². The topological polar surface area (TPSA) is 77.8 Å². The Bertz CT molecular complexity index is 529. The van der Waals surface area contributed by atoms with Crippen LogP contribution in [0.2, 0.25) is 0 Å². The summed E-state index contributed by atoms with van der Waals surface area (Å²) in [5.74, 6) is 1.81. The van der Waals surface area contributed by atoms with Crippen molar-refractivity contribution in [1.82, 2.24) is 24.7 Å². The number of ether oxygens (including phenoxy) is 1. The molecule has 0 saturated carbocycles. The Morgan fingerprint density at radius 3 is 3.06 bits per heavy atom. The summed E-state index contributed by atoms with van der Waals surface area (Å²) in [7, 11) is 1.56. The van der Waals surface area contributed by atoms with E-state index in [1.807, 2.05) is 11.5 Å². The molecule has 2 heterocycles. The van der Waals surface area contributed by atoms with Gasteiger partial charge in [-0.25, -0.2) is 4.98 Å². The van der Waals surface area contributed by atoms with E-state index in [1.165, 1.54) is 0 Å². The molecule has 0 aliphatic rings. The minimum Gasteiger partial charge on any atom is -0.480 e. The quantitative estimate of drug-likeness (QED) is 0.901. The first-order valence-corrected chi connectivity index (χ1v) is 6.21. The molecule has 8 heteroatoms. The van der Waals surface area contributed by atoms with Gasteiger partial charge in [-0.3, -0.25) is 0 Å². The standard InChI is InChI=1S/C10H13BrN6O/c1-3-17-6-14-16-8(17)5-13-10-12-4-7(11)9(15-10)18-2/h4,6H,3,5H2,1-2H3,(H,12,13,15). The Labute approximate surface area is 113 Å². The van der Waals surface area contributed by atoms with Gasteiger partial charge in [-0.2, -0.15) is 4.98 Å². The second-order valence-electron chi connectivity index (χ2n) is 3.44. The summed E-state index contributed by atoms with van der Waals surface area (Å²) in [6.07, 6.45) is 3.33. The molecule has 96 valence electrons. The SMILES string of the molecule is CCn1cnnc1CNc1ncc(Br)c(OC)n1. The Hall–Kier alpha value is -1.70. The molecule has 18 heavy (non-hydrogen) atoms. The first kappa shape index (κ1) is 12.7. The van der Waals surface area contributed by atoms with E-state index in [1.54, 1.807) is 19.6 Å². The van der Waals surface area contributed by atoms with E-state index in [9.17, 15) is 0 Å². The van der Waals surface area contributed by atoms with Crippen LogP contribution in [0.15, 0.2) is 17.0 Å². The number of nitrogens with zero attached hydrogens (tertiary/aromatic N) is 5. The summed E-state index contributed by atoms with van der Waals surface area (Å²) < 4.78 is 7.76. The minimum absolute atomic E-state index is 0.487. The summed E-state index contributed by atoms with van der Waals surface area (Å²) in [5.41, 5.74) is 0. The fraction of sp³-hybridized carbons (Fsp3) is 0.400. The lowest BCUT2D eigenvalue weighted by Gasteiger charge is -2.07. The molecule has 0 unspecified atom stereocenters. The molecule has 7 nitrogen and oxygen atoms in total. The first-order valence-electron chi connectivity index (χ1n) is 5.41. The molecular formula is C10H13BrN6O. The van der Waals surface area contributed by atoms with Crippen LogP contribution in [0.5, 0.6) is 5.88 Å². The van der Waals surface area contributed by atoms with Gasteiger partial charge < -0.3 is 14.6 Å². The van der Waals surface area contributed by atoms with E-state index >= 15 is 0 Å². The maximum Gasteiger partial charge on any atom is 0.232 e. The van der Waals surface area contributed by atoms with Gasteiger partial charge in [-0.05, 0) is 22.9 Å². The number of hydrogen-bond acceptors (Lipinski definition) is 6. The van der Waals surface area contributed by atoms with Crippen molar-refractivity contribution in [3.63, 3.8) is 0 Å². The van der Waals surface area contributed by atoms with E-state index in [0.29, 0.717) is 22.8 Å². The lowest BCUT2D eigenvalue weighted by Crippen LogP contribution is -2.09. The molecule has 2 aromatic rings. The third kappa shape index (κ3) is 2.76. The van der Waals surface area contributed by atoms with Gasteiger partial charge in [0.2, 0.25) is 11.8 Å². The number of methoxy groups -OCH3 is 1. The third-order valence-corrected chi connectivity index (χ3v) is 2.89. The summed E-state index contributed by atoms with van der Waals surface area (Å²) in [6.45, 7) is 3.37. The Morgan fingerprint density at radius 1 is 1.50 bits per heavy atom. The van der Waals surface area contributed by atoms with Gasteiger partial charge in [0.15, 0.2) is 5.82 Å². The van der Waals surface area contributed by atoms with Crippen LogP contribution < -0.4 is 10.1 Å². The van der Waals surface area contributed by atoms with E-state index < -0.39 is 0 Å². The van der Waals surface area contributed by atoms with Crippen molar-refractivity contribution >= 4 is 21.9 Å². The van der Waals surface area contributed by atoms with E-state index in [4.69, 9.17) is 4.74 Å². The van der Waals surface area contributed by atoms with Crippen molar-refractivity contribution in [2.24, 2.45) is 0 Å². The van der Waals surface area contributed by atoms with E-state index in [-0.39, 0.29) is 0 Å². The average Bonchev–Trinajstić information content (AvgIpc) is 2.85. The summed E-state index contributed by atoms with van der Waals surface area (Å²) in [6, 6.07) is 0. The van der Waals surface area contributed by atoms with Crippen LogP contribution in [-0.2, 0) is 13.1 Å². The highest BCUT2D eigenvalue weighted by atomic mass is 79.9. The second kappa shape index (κ2) is 5.76. The van der Waals surface area contributed by atoms with Crippen LogP contribution >= 0.6 is 15.9 Å². The molecule has 0 radical (unpaired) electrons. The number of halogens is 1. The van der Waals surface area contributed by atoms with E-state index in [0.717, 1.165) is 12.4 Å². The smallest absolute Gasteiger partial charge is 0.232 e. The number of rotatable bonds is 5. The normalized spacial score (nSPS) is 10.4. The Morgan fingerprint density at radius 2 is 2.33 bits per heavy atom. The van der Waals surface area contributed by atoms with Gasteiger partial charge in [0, 0.05) is 6.54 Å². The Kier molecular flexibility index (Phi) is 4.08. The Balaban J connectivity index is 2.06.